The zero-order valence-corrected chi connectivity index (χ0v) is 12.3. The highest BCUT2D eigenvalue weighted by Crippen LogP contribution is 2.20. The molecular weight excluding hydrogens is 286 g/mol. The van der Waals surface area contributed by atoms with Crippen LogP contribution in [0.4, 0.5) is 0 Å². The van der Waals surface area contributed by atoms with Gasteiger partial charge < -0.3 is 5.32 Å². The van der Waals surface area contributed by atoms with Crippen molar-refractivity contribution in [3.8, 4) is 5.82 Å². The van der Waals surface area contributed by atoms with Crippen LogP contribution >= 0.6 is 0 Å². The van der Waals surface area contributed by atoms with Crippen LogP contribution in [0.2, 0.25) is 0 Å². The summed E-state index contributed by atoms with van der Waals surface area (Å²) in [5.41, 5.74) is 3.12. The second kappa shape index (κ2) is 5.39. The Bertz CT molecular complexity index is 766. The van der Waals surface area contributed by atoms with Gasteiger partial charge in [0.25, 0.3) is 5.91 Å². The molecule has 0 aliphatic rings. The van der Waals surface area contributed by atoms with Gasteiger partial charge in [-0.25, -0.2) is 0 Å². The number of aryl methyl sites for hydroxylation is 2. The van der Waals surface area contributed by atoms with E-state index in [4.69, 9.17) is 0 Å². The summed E-state index contributed by atoms with van der Waals surface area (Å²) in [7, 11) is 0. The van der Waals surface area contributed by atoms with Gasteiger partial charge in [0.15, 0.2) is 5.82 Å². The molecule has 3 rings (SSSR count). The first kappa shape index (κ1) is 13.9. The van der Waals surface area contributed by atoms with E-state index < -0.39 is 0 Å². The van der Waals surface area contributed by atoms with Gasteiger partial charge in [0.05, 0.1) is 17.9 Å². The van der Waals surface area contributed by atoms with E-state index >= 15 is 0 Å². The molecule has 0 unspecified atom stereocenters. The number of carbonyl (C=O) groups is 1. The molecule has 0 aliphatic heterocycles. The maximum Gasteiger partial charge on any atom is 0.257 e. The highest BCUT2D eigenvalue weighted by Gasteiger charge is 2.21. The third kappa shape index (κ3) is 2.34. The van der Waals surface area contributed by atoms with Crippen LogP contribution in [0.1, 0.15) is 40.3 Å². The molecule has 0 fully saturated rings. The fraction of sp³-hybridized carbons (Fsp3) is 0.333. The van der Waals surface area contributed by atoms with E-state index in [1.165, 1.54) is 17.2 Å². The molecule has 0 saturated carbocycles. The van der Waals surface area contributed by atoms with Crippen molar-refractivity contribution in [2.75, 3.05) is 0 Å². The Kier molecular flexibility index (Phi) is 3.41. The second-order valence-corrected chi connectivity index (χ2v) is 4.93. The van der Waals surface area contributed by atoms with Gasteiger partial charge >= 0.3 is 0 Å². The summed E-state index contributed by atoms with van der Waals surface area (Å²) in [5, 5.41) is 27.4. The van der Waals surface area contributed by atoms with E-state index in [1.807, 2.05) is 20.8 Å². The number of nitrogens with one attached hydrogen (secondary N) is 3. The predicted molar refractivity (Wildman–Crippen MR) is 75.2 cm³/mol. The lowest BCUT2D eigenvalue weighted by Crippen LogP contribution is -2.28. The minimum Gasteiger partial charge on any atom is -0.345 e. The Balaban J connectivity index is 1.83. The molecule has 0 aromatic carbocycles. The van der Waals surface area contributed by atoms with E-state index in [1.54, 1.807) is 0 Å². The van der Waals surface area contributed by atoms with Crippen molar-refractivity contribution in [2.45, 2.75) is 26.8 Å². The maximum absolute atomic E-state index is 12.5. The van der Waals surface area contributed by atoms with Gasteiger partial charge in [-0.3, -0.25) is 15.0 Å². The Morgan fingerprint density at radius 2 is 2.18 bits per heavy atom. The van der Waals surface area contributed by atoms with Crippen LogP contribution in [-0.4, -0.2) is 46.5 Å². The van der Waals surface area contributed by atoms with Gasteiger partial charge in [0.2, 0.25) is 0 Å². The minimum atomic E-state index is -0.272. The zero-order chi connectivity index (χ0) is 15.7. The Morgan fingerprint density at radius 3 is 2.82 bits per heavy atom. The van der Waals surface area contributed by atoms with Crippen molar-refractivity contribution < 1.29 is 4.79 Å². The summed E-state index contributed by atoms with van der Waals surface area (Å²) >= 11 is 0. The average molecular weight is 301 g/mol. The molecule has 0 aliphatic carbocycles. The first-order valence-electron chi connectivity index (χ1n) is 6.67. The molecule has 3 heterocycles. The van der Waals surface area contributed by atoms with Crippen LogP contribution < -0.4 is 5.32 Å². The van der Waals surface area contributed by atoms with E-state index in [0.717, 1.165) is 17.0 Å². The average Bonchev–Trinajstić information content (AvgIpc) is 3.18. The zero-order valence-electron chi connectivity index (χ0n) is 12.3. The van der Waals surface area contributed by atoms with E-state index in [2.05, 4.69) is 41.2 Å². The van der Waals surface area contributed by atoms with Crippen LogP contribution in [0.3, 0.4) is 0 Å². The number of hydrogen-bond acceptors (Lipinski definition) is 6. The number of tetrazole rings is 1. The number of aromatic nitrogens is 8. The third-order valence-electron chi connectivity index (χ3n) is 3.41. The fourth-order valence-corrected chi connectivity index (χ4v) is 2.43. The standard InChI is InChI=1S/C12H15N9O/c1-6(10-7(2)16-17-8(10)3)15-12(22)9-4-13-18-11(9)21-5-14-19-20-21/h4-6H,1-3H3,(H,13,18)(H,15,22)(H,16,17)/t6-/m0/s1. The molecule has 114 valence electrons. The SMILES string of the molecule is Cc1n[nH]c(C)c1[C@H](C)NC(=O)c1cn[nH]c1-n1cnnn1. The first-order valence-corrected chi connectivity index (χ1v) is 6.67. The van der Waals surface area contributed by atoms with Crippen molar-refractivity contribution in [3.63, 3.8) is 0 Å². The predicted octanol–water partition coefficient (Wildman–Crippen LogP) is 0.216. The smallest absolute Gasteiger partial charge is 0.257 e. The van der Waals surface area contributed by atoms with Gasteiger partial charge in [0.1, 0.15) is 11.9 Å². The van der Waals surface area contributed by atoms with Crippen molar-refractivity contribution in [1.29, 1.82) is 0 Å². The molecule has 0 radical (unpaired) electrons. The normalized spacial score (nSPS) is 12.3. The van der Waals surface area contributed by atoms with Crippen molar-refractivity contribution in [2.24, 2.45) is 0 Å². The Labute approximate surface area is 125 Å². The summed E-state index contributed by atoms with van der Waals surface area (Å²) in [4.78, 5) is 12.5. The number of carbonyl (C=O) groups excluding carboxylic acids is 1. The molecule has 0 bridgehead atoms. The molecule has 10 nitrogen and oxygen atoms in total. The largest absolute Gasteiger partial charge is 0.345 e. The number of rotatable bonds is 4. The summed E-state index contributed by atoms with van der Waals surface area (Å²) in [6.07, 6.45) is 2.83. The number of H-pyrrole nitrogens is 2. The molecule has 0 spiro atoms. The first-order chi connectivity index (χ1) is 10.6. The highest BCUT2D eigenvalue weighted by atomic mass is 16.1. The van der Waals surface area contributed by atoms with Gasteiger partial charge in [0, 0.05) is 11.3 Å². The molecule has 3 aromatic heterocycles. The molecule has 22 heavy (non-hydrogen) atoms. The molecule has 3 N–H and O–H groups in total. The molecule has 3 aromatic rings. The van der Waals surface area contributed by atoms with E-state index in [-0.39, 0.29) is 11.9 Å². The number of hydrogen-bond donors (Lipinski definition) is 3. The Morgan fingerprint density at radius 1 is 1.36 bits per heavy atom. The van der Waals surface area contributed by atoms with Crippen LogP contribution in [0.25, 0.3) is 5.82 Å². The van der Waals surface area contributed by atoms with Crippen LogP contribution in [0, 0.1) is 13.8 Å². The third-order valence-corrected chi connectivity index (χ3v) is 3.41. The Hall–Kier alpha value is -3.04. The van der Waals surface area contributed by atoms with Crippen LogP contribution in [-0.2, 0) is 0 Å². The van der Waals surface area contributed by atoms with Gasteiger partial charge in [-0.05, 0) is 31.2 Å². The van der Waals surface area contributed by atoms with Gasteiger partial charge in [-0.15, -0.1) is 5.10 Å². The second-order valence-electron chi connectivity index (χ2n) is 4.93. The van der Waals surface area contributed by atoms with Crippen molar-refractivity contribution in [1.82, 2.24) is 45.9 Å². The van der Waals surface area contributed by atoms with E-state index in [0.29, 0.717) is 11.4 Å². The van der Waals surface area contributed by atoms with E-state index in [9.17, 15) is 4.79 Å². The minimum absolute atomic E-state index is 0.192. The molecular formula is C12H15N9O. The molecule has 1 atom stereocenters. The summed E-state index contributed by atoms with van der Waals surface area (Å²) in [6.45, 7) is 5.72. The van der Waals surface area contributed by atoms with Crippen molar-refractivity contribution >= 4 is 5.91 Å². The van der Waals surface area contributed by atoms with Crippen molar-refractivity contribution in [3.05, 3.63) is 35.0 Å². The number of nitrogens with zero attached hydrogens (tertiary/aromatic N) is 6. The molecule has 10 heteroatoms. The monoisotopic (exact) mass is 301 g/mol. The fourth-order valence-electron chi connectivity index (χ4n) is 2.43. The van der Waals surface area contributed by atoms with Gasteiger partial charge in [-0.1, -0.05) is 0 Å². The molecule has 1 amide bonds. The summed E-state index contributed by atoms with van der Waals surface area (Å²) < 4.78 is 1.35. The topological polar surface area (TPSA) is 130 Å². The quantitative estimate of drug-likeness (QED) is 0.631. The van der Waals surface area contributed by atoms with Gasteiger partial charge in [-0.2, -0.15) is 14.9 Å². The number of amides is 1. The van der Waals surface area contributed by atoms with Crippen LogP contribution in [0.15, 0.2) is 12.5 Å². The summed E-state index contributed by atoms with van der Waals surface area (Å²) in [6, 6.07) is -0.192. The lowest BCUT2D eigenvalue weighted by Gasteiger charge is -2.14. The number of aromatic amines is 2. The summed E-state index contributed by atoms with van der Waals surface area (Å²) in [5.74, 6) is 0.141. The molecule has 0 saturated heterocycles. The van der Waals surface area contributed by atoms with Crippen LogP contribution in [0.5, 0.6) is 0 Å². The lowest BCUT2D eigenvalue weighted by molar-refractivity contribution is 0.0939. The maximum atomic E-state index is 12.5. The highest BCUT2D eigenvalue weighted by molar-refractivity contribution is 5.97. The lowest BCUT2D eigenvalue weighted by atomic mass is 10.1.